The van der Waals surface area contributed by atoms with Crippen LogP contribution >= 0.6 is 0 Å². The molecular weight excluding hydrogens is 595 g/mol. The fourth-order valence-corrected chi connectivity index (χ4v) is 6.79. The van der Waals surface area contributed by atoms with Gasteiger partial charge in [0.15, 0.2) is 5.82 Å². The molecule has 0 radical (unpaired) electrons. The van der Waals surface area contributed by atoms with Gasteiger partial charge in [-0.05, 0) is 58.7 Å². The van der Waals surface area contributed by atoms with E-state index in [0.29, 0.717) is 0 Å². The maximum absolute atomic E-state index is 5.03. The van der Waals surface area contributed by atoms with Crippen molar-refractivity contribution in [1.29, 1.82) is 0 Å². The summed E-state index contributed by atoms with van der Waals surface area (Å²) in [7, 11) is 0. The maximum Gasteiger partial charge on any atom is 0.160 e. The number of rotatable bonds is 6. The highest BCUT2D eigenvalue weighted by atomic mass is 15.0. The van der Waals surface area contributed by atoms with E-state index >= 15 is 0 Å². The van der Waals surface area contributed by atoms with Crippen molar-refractivity contribution in [2.24, 2.45) is 0 Å². The number of hydrogen-bond donors (Lipinski definition) is 0. The molecule has 0 aliphatic carbocycles. The molecule has 9 rings (SSSR count). The van der Waals surface area contributed by atoms with Gasteiger partial charge in [0.25, 0.3) is 0 Å². The molecule has 3 nitrogen and oxygen atoms in total. The van der Waals surface area contributed by atoms with Crippen LogP contribution in [-0.4, -0.2) is 14.5 Å². The van der Waals surface area contributed by atoms with Crippen LogP contribution < -0.4 is 0 Å². The molecule has 0 aliphatic rings. The molecule has 230 valence electrons. The minimum Gasteiger partial charge on any atom is -0.309 e. The van der Waals surface area contributed by atoms with E-state index in [-0.39, 0.29) is 0 Å². The normalized spacial score (nSPS) is 11.3. The Labute approximate surface area is 285 Å². The van der Waals surface area contributed by atoms with E-state index < -0.39 is 0 Å². The van der Waals surface area contributed by atoms with Crippen molar-refractivity contribution in [2.45, 2.75) is 0 Å². The van der Waals surface area contributed by atoms with Crippen molar-refractivity contribution < 1.29 is 0 Å². The summed E-state index contributed by atoms with van der Waals surface area (Å²) in [5.41, 5.74) is 13.2. The van der Waals surface area contributed by atoms with E-state index in [4.69, 9.17) is 9.97 Å². The molecule has 0 amide bonds. The van der Waals surface area contributed by atoms with Gasteiger partial charge in [-0.25, -0.2) is 9.97 Å². The zero-order chi connectivity index (χ0) is 32.6. The lowest BCUT2D eigenvalue weighted by Crippen LogP contribution is -1.96. The molecule has 3 heteroatoms. The van der Waals surface area contributed by atoms with Gasteiger partial charge in [0.1, 0.15) is 0 Å². The summed E-state index contributed by atoms with van der Waals surface area (Å²) in [6, 6.07) is 66.2. The molecule has 0 saturated heterocycles. The molecule has 7 aromatic carbocycles. The molecule has 2 heterocycles. The summed E-state index contributed by atoms with van der Waals surface area (Å²) >= 11 is 0. The second kappa shape index (κ2) is 12.2. The first-order valence-electron chi connectivity index (χ1n) is 16.6. The highest BCUT2D eigenvalue weighted by Crippen LogP contribution is 2.34. The van der Waals surface area contributed by atoms with Crippen LogP contribution in [0.4, 0.5) is 0 Å². The lowest BCUT2D eigenvalue weighted by atomic mass is 9.98. The zero-order valence-corrected chi connectivity index (χ0v) is 26.7. The third-order valence-electron chi connectivity index (χ3n) is 9.24. The highest BCUT2D eigenvalue weighted by molar-refractivity contribution is 6.09. The predicted octanol–water partition coefficient (Wildman–Crippen LogP) is 11.9. The molecule has 0 fully saturated rings. The zero-order valence-electron chi connectivity index (χ0n) is 26.7. The minimum absolute atomic E-state index is 0.718. The van der Waals surface area contributed by atoms with Crippen molar-refractivity contribution in [1.82, 2.24) is 14.5 Å². The topological polar surface area (TPSA) is 30.7 Å². The molecule has 0 aliphatic heterocycles. The van der Waals surface area contributed by atoms with Gasteiger partial charge in [-0.2, -0.15) is 0 Å². The Hall–Kier alpha value is -6.58. The Morgan fingerprint density at radius 2 is 0.755 bits per heavy atom. The Morgan fingerprint density at radius 1 is 0.306 bits per heavy atom. The molecule has 0 saturated carbocycles. The molecule has 49 heavy (non-hydrogen) atoms. The lowest BCUT2D eigenvalue weighted by Gasteiger charge is -2.11. The Kier molecular flexibility index (Phi) is 7.14. The third-order valence-corrected chi connectivity index (χ3v) is 9.24. The minimum atomic E-state index is 0.718. The van der Waals surface area contributed by atoms with Crippen LogP contribution in [0.2, 0.25) is 0 Å². The molecule has 0 bridgehead atoms. The number of benzene rings is 7. The molecule has 0 N–H and O–H groups in total. The first-order chi connectivity index (χ1) is 24.3. The standard InChI is InChI=1S/C46H31N3/c1-3-12-35(13-4-1)42-31-43(48-46(47-42)36-14-5-2-6-15-36)38-17-11-16-37(30-38)34-24-22-32(23-25-34)33-26-28-39(29-27-33)49-44-20-9-7-18-40(44)41-19-8-10-21-45(41)49/h1-31H. The SMILES string of the molecule is c1ccc(-c2cc(-c3cccc(-c4ccc(-c5ccc(-n6c7ccccc7c7ccccc76)cc5)cc4)c3)nc(-c3ccccc3)n2)cc1. The Balaban J connectivity index is 1.03. The van der Waals surface area contributed by atoms with Crippen LogP contribution in [0.15, 0.2) is 188 Å². The molecule has 0 unspecified atom stereocenters. The molecule has 0 spiro atoms. The van der Waals surface area contributed by atoms with Crippen LogP contribution in [-0.2, 0) is 0 Å². The lowest BCUT2D eigenvalue weighted by molar-refractivity contribution is 1.18. The van der Waals surface area contributed by atoms with Gasteiger partial charge in [-0.1, -0.05) is 152 Å². The number of nitrogens with zero attached hydrogens (tertiary/aromatic N) is 3. The summed E-state index contributed by atoms with van der Waals surface area (Å²) in [4.78, 5) is 9.99. The van der Waals surface area contributed by atoms with E-state index in [1.807, 2.05) is 36.4 Å². The van der Waals surface area contributed by atoms with Crippen LogP contribution in [0.25, 0.3) is 83.6 Å². The smallest absolute Gasteiger partial charge is 0.160 e. The van der Waals surface area contributed by atoms with Crippen molar-refractivity contribution in [2.75, 3.05) is 0 Å². The van der Waals surface area contributed by atoms with E-state index in [1.165, 1.54) is 32.9 Å². The second-order valence-corrected chi connectivity index (χ2v) is 12.3. The summed E-state index contributed by atoms with van der Waals surface area (Å²) in [6.45, 7) is 0. The van der Waals surface area contributed by atoms with Gasteiger partial charge < -0.3 is 4.57 Å². The average molecular weight is 626 g/mol. The Bertz CT molecular complexity index is 2460. The maximum atomic E-state index is 5.03. The van der Waals surface area contributed by atoms with Crippen LogP contribution in [0, 0.1) is 0 Å². The van der Waals surface area contributed by atoms with Gasteiger partial charge in [-0.15, -0.1) is 0 Å². The van der Waals surface area contributed by atoms with Crippen molar-refractivity contribution in [3.63, 3.8) is 0 Å². The number of aromatic nitrogens is 3. The average Bonchev–Trinajstić information content (AvgIpc) is 3.53. The van der Waals surface area contributed by atoms with Gasteiger partial charge in [-0.3, -0.25) is 0 Å². The monoisotopic (exact) mass is 625 g/mol. The highest BCUT2D eigenvalue weighted by Gasteiger charge is 2.13. The largest absolute Gasteiger partial charge is 0.309 e. The van der Waals surface area contributed by atoms with E-state index in [1.54, 1.807) is 0 Å². The van der Waals surface area contributed by atoms with E-state index in [2.05, 4.69) is 156 Å². The van der Waals surface area contributed by atoms with Crippen LogP contribution in [0.1, 0.15) is 0 Å². The number of para-hydroxylation sites is 2. The summed E-state index contributed by atoms with van der Waals surface area (Å²) in [5.74, 6) is 0.718. The quantitative estimate of drug-likeness (QED) is 0.184. The first kappa shape index (κ1) is 28.6. The van der Waals surface area contributed by atoms with E-state index in [9.17, 15) is 0 Å². The van der Waals surface area contributed by atoms with Gasteiger partial charge >= 0.3 is 0 Å². The Morgan fingerprint density at radius 3 is 1.37 bits per heavy atom. The summed E-state index contributed by atoms with van der Waals surface area (Å²) < 4.78 is 2.35. The fourth-order valence-electron chi connectivity index (χ4n) is 6.79. The van der Waals surface area contributed by atoms with Gasteiger partial charge in [0, 0.05) is 33.2 Å². The van der Waals surface area contributed by atoms with Crippen LogP contribution in [0.3, 0.4) is 0 Å². The first-order valence-corrected chi connectivity index (χ1v) is 16.6. The third kappa shape index (κ3) is 5.38. The fraction of sp³-hybridized carbons (Fsp3) is 0. The molecule has 2 aromatic heterocycles. The van der Waals surface area contributed by atoms with Crippen molar-refractivity contribution in [3.05, 3.63) is 188 Å². The van der Waals surface area contributed by atoms with Crippen molar-refractivity contribution >= 4 is 21.8 Å². The van der Waals surface area contributed by atoms with Gasteiger partial charge in [0.05, 0.1) is 22.4 Å². The number of hydrogen-bond acceptors (Lipinski definition) is 2. The summed E-state index contributed by atoms with van der Waals surface area (Å²) in [6.07, 6.45) is 0. The van der Waals surface area contributed by atoms with Crippen LogP contribution in [0.5, 0.6) is 0 Å². The van der Waals surface area contributed by atoms with Gasteiger partial charge in [0.2, 0.25) is 0 Å². The van der Waals surface area contributed by atoms with E-state index in [0.717, 1.165) is 50.7 Å². The second-order valence-electron chi connectivity index (χ2n) is 12.3. The summed E-state index contributed by atoms with van der Waals surface area (Å²) in [5, 5.41) is 2.55. The predicted molar refractivity (Wildman–Crippen MR) is 204 cm³/mol. The molecule has 0 atom stereocenters. The van der Waals surface area contributed by atoms with Crippen molar-refractivity contribution in [3.8, 4) is 61.8 Å². The molecular formula is C46H31N3. The number of fused-ring (bicyclic) bond motifs is 3. The molecule has 9 aromatic rings.